The first-order chi connectivity index (χ1) is 13.1. The number of hydrogen-bond donors (Lipinski definition) is 0. The van der Waals surface area contributed by atoms with Crippen LogP contribution in [0.1, 0.15) is 11.1 Å². The zero-order chi connectivity index (χ0) is 19.2. The van der Waals surface area contributed by atoms with Crippen LogP contribution in [0, 0.1) is 0 Å². The first-order valence-electron chi connectivity index (χ1n) is 8.29. The summed E-state index contributed by atoms with van der Waals surface area (Å²) in [6, 6.07) is 15.4. The quantitative estimate of drug-likeness (QED) is 0.575. The van der Waals surface area contributed by atoms with E-state index in [1.54, 1.807) is 6.08 Å². The molecule has 140 valence electrons. The molecule has 0 atom stereocenters. The minimum Gasteiger partial charge on any atom is -0.488 e. The molecule has 2 aromatic carbocycles. The third-order valence-corrected chi connectivity index (χ3v) is 5.29. The molecule has 1 aliphatic heterocycles. The Morgan fingerprint density at radius 1 is 1.15 bits per heavy atom. The van der Waals surface area contributed by atoms with Crippen molar-refractivity contribution in [3.8, 4) is 5.75 Å². The minimum absolute atomic E-state index is 0.244. The molecular formula is C20H18BrNO4S. The Bertz CT molecular complexity index is 870. The molecule has 0 aliphatic carbocycles. The van der Waals surface area contributed by atoms with Gasteiger partial charge >= 0.3 is 0 Å². The van der Waals surface area contributed by atoms with Crippen molar-refractivity contribution in [2.24, 2.45) is 0 Å². The third kappa shape index (κ3) is 5.00. The highest BCUT2D eigenvalue weighted by Crippen LogP contribution is 2.35. The molecule has 0 N–H and O–H groups in total. The van der Waals surface area contributed by atoms with E-state index in [-0.39, 0.29) is 17.7 Å². The van der Waals surface area contributed by atoms with Gasteiger partial charge in [0, 0.05) is 17.1 Å². The number of halogens is 1. The first-order valence-corrected chi connectivity index (χ1v) is 9.90. The molecular weight excluding hydrogens is 430 g/mol. The summed E-state index contributed by atoms with van der Waals surface area (Å²) in [5, 5.41) is -0.287. The molecule has 1 fully saturated rings. The van der Waals surface area contributed by atoms with Gasteiger partial charge < -0.3 is 9.47 Å². The number of thioether (sulfide) groups is 1. The lowest BCUT2D eigenvalue weighted by atomic mass is 10.1. The normalized spacial score (nSPS) is 15.6. The van der Waals surface area contributed by atoms with Crippen LogP contribution >= 0.6 is 27.7 Å². The second-order valence-corrected chi connectivity index (χ2v) is 7.69. The second kappa shape index (κ2) is 9.21. The zero-order valence-corrected chi connectivity index (χ0v) is 17.1. The molecule has 27 heavy (non-hydrogen) atoms. The SMILES string of the molecule is COCCN1C(=O)S/C(=C/c2cc(Br)ccc2OCc2ccccc2)C1=O. The van der Waals surface area contributed by atoms with Crippen LogP contribution < -0.4 is 4.74 Å². The Hall–Kier alpha value is -2.09. The fourth-order valence-corrected chi connectivity index (χ4v) is 3.75. The number of ether oxygens (including phenoxy) is 2. The lowest BCUT2D eigenvalue weighted by Gasteiger charge is -2.11. The molecule has 2 amide bonds. The summed E-state index contributed by atoms with van der Waals surface area (Å²) in [6.07, 6.45) is 1.70. The summed E-state index contributed by atoms with van der Waals surface area (Å²) >= 11 is 4.37. The van der Waals surface area contributed by atoms with E-state index in [4.69, 9.17) is 9.47 Å². The molecule has 0 aromatic heterocycles. The number of carbonyl (C=O) groups excluding carboxylic acids is 2. The minimum atomic E-state index is -0.309. The Kier molecular flexibility index (Phi) is 6.71. The van der Waals surface area contributed by atoms with Gasteiger partial charge in [-0.1, -0.05) is 46.3 Å². The summed E-state index contributed by atoms with van der Waals surface area (Å²) in [4.78, 5) is 26.2. The second-order valence-electron chi connectivity index (χ2n) is 5.78. The van der Waals surface area contributed by atoms with Gasteiger partial charge in [-0.2, -0.15) is 0 Å². The van der Waals surface area contributed by atoms with Gasteiger partial charge in [-0.15, -0.1) is 0 Å². The molecule has 1 aliphatic rings. The Labute approximate surface area is 170 Å². The third-order valence-electron chi connectivity index (χ3n) is 3.89. The number of methoxy groups -OCH3 is 1. The van der Waals surface area contributed by atoms with Crippen LogP contribution in [0.15, 0.2) is 57.9 Å². The van der Waals surface area contributed by atoms with Crippen molar-refractivity contribution in [3.05, 3.63) is 69.0 Å². The van der Waals surface area contributed by atoms with Crippen LogP contribution in [0.5, 0.6) is 5.75 Å². The van der Waals surface area contributed by atoms with Crippen molar-refractivity contribution in [1.29, 1.82) is 0 Å². The van der Waals surface area contributed by atoms with Gasteiger partial charge in [0.15, 0.2) is 0 Å². The molecule has 2 aromatic rings. The van der Waals surface area contributed by atoms with Gasteiger partial charge in [-0.3, -0.25) is 14.5 Å². The van der Waals surface area contributed by atoms with Crippen LogP contribution in [0.25, 0.3) is 6.08 Å². The van der Waals surface area contributed by atoms with Crippen LogP contribution in [0.4, 0.5) is 4.79 Å². The van der Waals surface area contributed by atoms with E-state index < -0.39 is 0 Å². The molecule has 1 saturated heterocycles. The molecule has 7 heteroatoms. The Morgan fingerprint density at radius 3 is 2.67 bits per heavy atom. The van der Waals surface area contributed by atoms with Crippen molar-refractivity contribution >= 4 is 44.9 Å². The van der Waals surface area contributed by atoms with E-state index in [0.717, 1.165) is 27.4 Å². The van der Waals surface area contributed by atoms with E-state index in [2.05, 4.69) is 15.9 Å². The molecule has 3 rings (SSSR count). The van der Waals surface area contributed by atoms with Crippen molar-refractivity contribution in [2.75, 3.05) is 20.3 Å². The Morgan fingerprint density at radius 2 is 1.93 bits per heavy atom. The van der Waals surface area contributed by atoms with Crippen LogP contribution in [0.2, 0.25) is 0 Å². The topological polar surface area (TPSA) is 55.8 Å². The molecule has 5 nitrogen and oxygen atoms in total. The van der Waals surface area contributed by atoms with Crippen molar-refractivity contribution in [1.82, 2.24) is 4.90 Å². The summed E-state index contributed by atoms with van der Waals surface area (Å²) in [6.45, 7) is 0.973. The van der Waals surface area contributed by atoms with Gasteiger partial charge in [0.2, 0.25) is 0 Å². The van der Waals surface area contributed by atoms with E-state index in [1.807, 2.05) is 48.5 Å². The highest BCUT2D eigenvalue weighted by Gasteiger charge is 2.34. The van der Waals surface area contributed by atoms with Crippen LogP contribution in [-0.4, -0.2) is 36.3 Å². The predicted molar refractivity (Wildman–Crippen MR) is 109 cm³/mol. The van der Waals surface area contributed by atoms with Gasteiger partial charge in [0.25, 0.3) is 11.1 Å². The summed E-state index contributed by atoms with van der Waals surface area (Å²) in [5.74, 6) is 0.335. The summed E-state index contributed by atoms with van der Waals surface area (Å²) in [7, 11) is 1.53. The lowest BCUT2D eigenvalue weighted by molar-refractivity contribution is -0.123. The van der Waals surface area contributed by atoms with Gasteiger partial charge in [-0.25, -0.2) is 0 Å². The van der Waals surface area contributed by atoms with Crippen LogP contribution in [-0.2, 0) is 16.1 Å². The van der Waals surface area contributed by atoms with Crippen molar-refractivity contribution in [2.45, 2.75) is 6.61 Å². The van der Waals surface area contributed by atoms with E-state index >= 15 is 0 Å². The van der Waals surface area contributed by atoms with E-state index in [0.29, 0.717) is 23.9 Å². The fraction of sp³-hybridized carbons (Fsp3) is 0.200. The molecule has 0 unspecified atom stereocenters. The standard InChI is InChI=1S/C20H18BrNO4S/c1-25-10-9-22-19(23)18(27-20(22)24)12-15-11-16(21)7-8-17(15)26-13-14-5-3-2-4-6-14/h2-8,11-12H,9-10,13H2,1H3/b18-12+. The maximum absolute atomic E-state index is 12.5. The van der Waals surface area contributed by atoms with Gasteiger partial charge in [0.1, 0.15) is 12.4 Å². The highest BCUT2D eigenvalue weighted by atomic mass is 79.9. The maximum atomic E-state index is 12.5. The number of hydrogen-bond acceptors (Lipinski definition) is 5. The molecule has 0 bridgehead atoms. The molecule has 0 saturated carbocycles. The van der Waals surface area contributed by atoms with Crippen molar-refractivity contribution < 1.29 is 19.1 Å². The average Bonchev–Trinajstić information content (AvgIpc) is 2.93. The fourth-order valence-electron chi connectivity index (χ4n) is 2.52. The number of amides is 2. The van der Waals surface area contributed by atoms with Crippen LogP contribution in [0.3, 0.4) is 0 Å². The summed E-state index contributed by atoms with van der Waals surface area (Å²) < 4.78 is 11.8. The number of benzene rings is 2. The van der Waals surface area contributed by atoms with Gasteiger partial charge in [0.05, 0.1) is 18.1 Å². The van der Waals surface area contributed by atoms with Gasteiger partial charge in [-0.05, 0) is 41.6 Å². The predicted octanol–water partition coefficient (Wildman–Crippen LogP) is 4.71. The first kappa shape index (κ1) is 19.7. The maximum Gasteiger partial charge on any atom is 0.293 e. The number of carbonyl (C=O) groups is 2. The monoisotopic (exact) mass is 447 g/mol. The average molecular weight is 448 g/mol. The van der Waals surface area contributed by atoms with E-state index in [1.165, 1.54) is 12.0 Å². The molecule has 0 radical (unpaired) electrons. The van der Waals surface area contributed by atoms with E-state index in [9.17, 15) is 9.59 Å². The molecule has 1 heterocycles. The lowest BCUT2D eigenvalue weighted by Crippen LogP contribution is -2.31. The zero-order valence-electron chi connectivity index (χ0n) is 14.7. The smallest absolute Gasteiger partial charge is 0.293 e. The largest absolute Gasteiger partial charge is 0.488 e. The molecule has 0 spiro atoms. The number of nitrogens with zero attached hydrogens (tertiary/aromatic N) is 1. The van der Waals surface area contributed by atoms with Crippen molar-refractivity contribution in [3.63, 3.8) is 0 Å². The highest BCUT2D eigenvalue weighted by molar-refractivity contribution is 9.10. The summed E-state index contributed by atoms with van der Waals surface area (Å²) in [5.41, 5.74) is 1.78. The Balaban J connectivity index is 1.81. The number of imide groups is 1. The number of rotatable bonds is 7.